The topological polar surface area (TPSA) is 62.2 Å². The zero-order valence-electron chi connectivity index (χ0n) is 14.3. The number of benzene rings is 2. The summed E-state index contributed by atoms with van der Waals surface area (Å²) in [5, 5.41) is 13.6. The largest absolute Gasteiger partial charge is 0.388 e. The molecule has 1 atom stereocenters. The number of anilines is 1. The molecule has 0 fully saturated rings. The summed E-state index contributed by atoms with van der Waals surface area (Å²) in [6.45, 7) is 1.99. The molecule has 3 aromatic rings. The van der Waals surface area contributed by atoms with Crippen LogP contribution in [0.1, 0.15) is 29.4 Å². The van der Waals surface area contributed by atoms with Crippen LogP contribution in [0.5, 0.6) is 0 Å². The van der Waals surface area contributed by atoms with Crippen molar-refractivity contribution >= 4 is 38.3 Å². The summed E-state index contributed by atoms with van der Waals surface area (Å²) in [5.74, 6) is -0.143. The highest BCUT2D eigenvalue weighted by Gasteiger charge is 2.14. The van der Waals surface area contributed by atoms with E-state index in [0.717, 1.165) is 26.2 Å². The molecule has 3 rings (SSSR count). The van der Waals surface area contributed by atoms with Gasteiger partial charge in [0.05, 0.1) is 11.8 Å². The summed E-state index contributed by atoms with van der Waals surface area (Å²) in [7, 11) is 0. The maximum Gasteiger partial charge on any atom is 0.226 e. The van der Waals surface area contributed by atoms with Crippen LogP contribution in [0.25, 0.3) is 11.3 Å². The molecule has 2 N–H and O–H groups in total. The Kier molecular flexibility index (Phi) is 6.19. The van der Waals surface area contributed by atoms with Crippen LogP contribution in [0.4, 0.5) is 5.13 Å². The summed E-state index contributed by atoms with van der Waals surface area (Å²) in [5.41, 5.74) is 2.71. The van der Waals surface area contributed by atoms with Gasteiger partial charge in [0.2, 0.25) is 5.91 Å². The molecule has 2 aromatic carbocycles. The number of nitrogens with zero attached hydrogens (tertiary/aromatic N) is 1. The van der Waals surface area contributed by atoms with E-state index in [9.17, 15) is 9.90 Å². The maximum absolute atomic E-state index is 12.2. The third kappa shape index (κ3) is 4.78. The molecular weight excluding hydrogens is 412 g/mol. The Balaban J connectivity index is 1.59. The van der Waals surface area contributed by atoms with E-state index in [1.165, 1.54) is 11.3 Å². The summed E-state index contributed by atoms with van der Waals surface area (Å²) in [6, 6.07) is 17.3. The predicted molar refractivity (Wildman–Crippen MR) is 109 cm³/mol. The first-order valence-electron chi connectivity index (χ1n) is 8.29. The molecule has 0 radical (unpaired) electrons. The molecule has 0 spiro atoms. The fourth-order valence-corrected chi connectivity index (χ4v) is 3.73. The third-order valence-electron chi connectivity index (χ3n) is 3.99. The van der Waals surface area contributed by atoms with Crippen LogP contribution in [0.2, 0.25) is 0 Å². The van der Waals surface area contributed by atoms with E-state index in [4.69, 9.17) is 0 Å². The lowest BCUT2D eigenvalue weighted by atomic mass is 10.1. The first-order chi connectivity index (χ1) is 12.5. The van der Waals surface area contributed by atoms with E-state index in [1.807, 2.05) is 61.5 Å². The van der Waals surface area contributed by atoms with E-state index >= 15 is 0 Å². The number of carbonyl (C=O) groups excluding carboxylic acids is 1. The molecule has 26 heavy (non-hydrogen) atoms. The van der Waals surface area contributed by atoms with Crippen molar-refractivity contribution in [2.45, 2.75) is 25.9 Å². The van der Waals surface area contributed by atoms with Crippen molar-refractivity contribution in [2.24, 2.45) is 0 Å². The van der Waals surface area contributed by atoms with Gasteiger partial charge in [0.15, 0.2) is 5.13 Å². The first kappa shape index (κ1) is 18.8. The molecule has 0 aliphatic rings. The molecule has 0 saturated carbocycles. The number of carbonyl (C=O) groups is 1. The third-order valence-corrected chi connectivity index (χ3v) is 5.40. The van der Waals surface area contributed by atoms with Gasteiger partial charge in [0.1, 0.15) is 0 Å². The lowest BCUT2D eigenvalue weighted by molar-refractivity contribution is -0.116. The van der Waals surface area contributed by atoms with E-state index < -0.39 is 6.10 Å². The summed E-state index contributed by atoms with van der Waals surface area (Å²) in [4.78, 5) is 17.8. The van der Waals surface area contributed by atoms with Crippen molar-refractivity contribution in [3.63, 3.8) is 0 Å². The Hall–Kier alpha value is -2.02. The van der Waals surface area contributed by atoms with Gasteiger partial charge in [-0.3, -0.25) is 4.79 Å². The Labute approximate surface area is 165 Å². The molecule has 0 aliphatic heterocycles. The van der Waals surface area contributed by atoms with Gasteiger partial charge < -0.3 is 10.4 Å². The molecule has 4 nitrogen and oxygen atoms in total. The number of amides is 1. The van der Waals surface area contributed by atoms with Gasteiger partial charge in [-0.15, -0.1) is 11.3 Å². The second-order valence-corrected chi connectivity index (χ2v) is 8.06. The molecule has 0 unspecified atom stereocenters. The number of rotatable bonds is 6. The Bertz CT molecular complexity index is 879. The van der Waals surface area contributed by atoms with Crippen LogP contribution in [0.3, 0.4) is 0 Å². The average molecular weight is 431 g/mol. The molecule has 6 heteroatoms. The number of aliphatic hydroxyl groups is 1. The van der Waals surface area contributed by atoms with Crippen molar-refractivity contribution < 1.29 is 9.90 Å². The molecule has 0 bridgehead atoms. The minimum absolute atomic E-state index is 0.143. The predicted octanol–water partition coefficient (Wildman–Crippen LogP) is 5.33. The van der Waals surface area contributed by atoms with Gasteiger partial charge in [0, 0.05) is 21.3 Å². The lowest BCUT2D eigenvalue weighted by Crippen LogP contribution is -2.12. The Morgan fingerprint density at radius 1 is 1.19 bits per heavy atom. The van der Waals surface area contributed by atoms with Gasteiger partial charge >= 0.3 is 0 Å². The van der Waals surface area contributed by atoms with E-state index in [0.29, 0.717) is 11.6 Å². The smallest absolute Gasteiger partial charge is 0.226 e. The second kappa shape index (κ2) is 8.58. The van der Waals surface area contributed by atoms with E-state index in [2.05, 4.69) is 26.2 Å². The highest BCUT2D eigenvalue weighted by molar-refractivity contribution is 9.10. The van der Waals surface area contributed by atoms with Crippen LogP contribution in [0, 0.1) is 6.92 Å². The van der Waals surface area contributed by atoms with Crippen molar-refractivity contribution in [3.8, 4) is 11.3 Å². The maximum atomic E-state index is 12.2. The van der Waals surface area contributed by atoms with Gasteiger partial charge in [-0.1, -0.05) is 58.4 Å². The number of aliphatic hydroxyl groups excluding tert-OH is 1. The number of halogens is 1. The minimum atomic E-state index is -0.640. The quantitative estimate of drug-likeness (QED) is 0.554. The first-order valence-corrected chi connectivity index (χ1v) is 9.90. The van der Waals surface area contributed by atoms with Crippen LogP contribution in [-0.4, -0.2) is 16.0 Å². The SMILES string of the molecule is Cc1sc(NC(=O)CC[C@@H](O)c2ccccc2)nc1-c1ccc(Br)cc1. The molecule has 1 heterocycles. The van der Waals surface area contributed by atoms with Crippen molar-refractivity contribution in [3.05, 3.63) is 69.5 Å². The van der Waals surface area contributed by atoms with Gasteiger partial charge in [-0.05, 0) is 31.0 Å². The number of thiazole rings is 1. The van der Waals surface area contributed by atoms with Gasteiger partial charge in [0.25, 0.3) is 0 Å². The fourth-order valence-electron chi connectivity index (χ4n) is 2.62. The molecule has 0 aliphatic carbocycles. The highest BCUT2D eigenvalue weighted by Crippen LogP contribution is 2.31. The number of nitrogens with one attached hydrogen (secondary N) is 1. The summed E-state index contributed by atoms with van der Waals surface area (Å²) < 4.78 is 1.01. The fraction of sp³-hybridized carbons (Fsp3) is 0.200. The number of hydrogen-bond acceptors (Lipinski definition) is 4. The number of aryl methyl sites for hydroxylation is 1. The number of hydrogen-bond donors (Lipinski definition) is 2. The molecular formula is C20H19BrN2O2S. The normalized spacial score (nSPS) is 12.0. The molecule has 0 saturated heterocycles. The minimum Gasteiger partial charge on any atom is -0.388 e. The summed E-state index contributed by atoms with van der Waals surface area (Å²) in [6.07, 6.45) is -0.0273. The van der Waals surface area contributed by atoms with E-state index in [1.54, 1.807) is 0 Å². The van der Waals surface area contributed by atoms with Crippen LogP contribution >= 0.6 is 27.3 Å². The standard InChI is InChI=1S/C20H19BrN2O2S/c1-13-19(15-7-9-16(21)10-8-15)23-20(26-13)22-18(25)12-11-17(24)14-5-3-2-4-6-14/h2-10,17,24H,11-12H2,1H3,(H,22,23,25)/t17-/m1/s1. The monoisotopic (exact) mass is 430 g/mol. The highest BCUT2D eigenvalue weighted by atomic mass is 79.9. The van der Waals surface area contributed by atoms with Crippen molar-refractivity contribution in [1.29, 1.82) is 0 Å². The van der Waals surface area contributed by atoms with Crippen LogP contribution in [-0.2, 0) is 4.79 Å². The molecule has 134 valence electrons. The van der Waals surface area contributed by atoms with Crippen LogP contribution < -0.4 is 5.32 Å². The zero-order chi connectivity index (χ0) is 18.5. The molecule has 1 aromatic heterocycles. The second-order valence-electron chi connectivity index (χ2n) is 5.94. The lowest BCUT2D eigenvalue weighted by Gasteiger charge is -2.10. The summed E-state index contributed by atoms with van der Waals surface area (Å²) >= 11 is 4.88. The van der Waals surface area contributed by atoms with Crippen molar-refractivity contribution in [1.82, 2.24) is 4.98 Å². The Morgan fingerprint density at radius 2 is 1.88 bits per heavy atom. The van der Waals surface area contributed by atoms with Gasteiger partial charge in [-0.25, -0.2) is 4.98 Å². The average Bonchev–Trinajstić information content (AvgIpc) is 3.01. The zero-order valence-corrected chi connectivity index (χ0v) is 16.7. The van der Waals surface area contributed by atoms with Gasteiger partial charge in [-0.2, -0.15) is 0 Å². The van der Waals surface area contributed by atoms with E-state index in [-0.39, 0.29) is 12.3 Å². The number of aromatic nitrogens is 1. The van der Waals surface area contributed by atoms with Crippen LogP contribution in [0.15, 0.2) is 59.1 Å². The Morgan fingerprint density at radius 3 is 2.58 bits per heavy atom. The molecule has 1 amide bonds. The van der Waals surface area contributed by atoms with Crippen molar-refractivity contribution in [2.75, 3.05) is 5.32 Å².